The van der Waals surface area contributed by atoms with Gasteiger partial charge in [-0.1, -0.05) is 12.1 Å². The van der Waals surface area contributed by atoms with E-state index in [4.69, 9.17) is 4.98 Å². The van der Waals surface area contributed by atoms with E-state index in [1.54, 1.807) is 17.4 Å². The second-order valence-electron chi connectivity index (χ2n) is 7.56. The zero-order valence-electron chi connectivity index (χ0n) is 16.4. The monoisotopic (exact) mass is 411 g/mol. The van der Waals surface area contributed by atoms with Gasteiger partial charge in [0.15, 0.2) is 11.6 Å². The third-order valence-electron chi connectivity index (χ3n) is 5.56. The van der Waals surface area contributed by atoms with E-state index in [1.807, 2.05) is 32.0 Å². The molecule has 4 rings (SSSR count). The summed E-state index contributed by atoms with van der Waals surface area (Å²) in [4.78, 5) is 29.6. The molecule has 150 valence electrons. The molecule has 1 aliphatic rings. The highest BCUT2D eigenvalue weighted by Gasteiger charge is 2.34. The van der Waals surface area contributed by atoms with Gasteiger partial charge in [-0.05, 0) is 43.2 Å². The predicted octanol–water partition coefficient (Wildman–Crippen LogP) is 3.18. The molecule has 2 atom stereocenters. The van der Waals surface area contributed by atoms with Crippen LogP contribution in [0.25, 0.3) is 10.2 Å². The lowest BCUT2D eigenvalue weighted by Gasteiger charge is -2.19. The van der Waals surface area contributed by atoms with Crippen LogP contribution in [0.5, 0.6) is 0 Å². The van der Waals surface area contributed by atoms with Crippen LogP contribution in [0, 0.1) is 24.0 Å². The van der Waals surface area contributed by atoms with Crippen molar-refractivity contribution in [1.82, 2.24) is 4.98 Å². The van der Waals surface area contributed by atoms with Crippen molar-refractivity contribution >= 4 is 38.8 Å². The minimum absolute atomic E-state index is 0.0689. The molecule has 29 heavy (non-hydrogen) atoms. The highest BCUT2D eigenvalue weighted by Crippen LogP contribution is 2.29. The summed E-state index contributed by atoms with van der Waals surface area (Å²) in [7, 11) is 0. The first-order valence-corrected chi connectivity index (χ1v) is 10.5. The van der Waals surface area contributed by atoms with Crippen LogP contribution in [-0.2, 0) is 4.79 Å². The Kier molecular flexibility index (Phi) is 5.29. The van der Waals surface area contributed by atoms with Crippen LogP contribution in [0.2, 0.25) is 0 Å². The zero-order chi connectivity index (χ0) is 20.5. The summed E-state index contributed by atoms with van der Waals surface area (Å²) in [5, 5.41) is 15.2. The van der Waals surface area contributed by atoms with Crippen molar-refractivity contribution in [3.05, 3.63) is 62.6 Å². The van der Waals surface area contributed by atoms with Gasteiger partial charge in [0.1, 0.15) is 11.7 Å². The maximum atomic E-state index is 12.7. The predicted molar refractivity (Wildman–Crippen MR) is 113 cm³/mol. The molecule has 7 nitrogen and oxygen atoms in total. The number of carbonyl (C=O) groups is 1. The maximum absolute atomic E-state index is 12.7. The molecule has 3 aromatic rings. The van der Waals surface area contributed by atoms with Crippen molar-refractivity contribution in [2.24, 2.45) is 0 Å². The maximum Gasteiger partial charge on any atom is 0.293 e. The van der Waals surface area contributed by atoms with E-state index in [-0.39, 0.29) is 29.9 Å². The van der Waals surface area contributed by atoms with Crippen molar-refractivity contribution in [1.29, 1.82) is 0 Å². The molecular weight excluding hydrogens is 388 g/mol. The fraction of sp³-hybridized carbons (Fsp3) is 0.333. The number of fused-ring (bicyclic) bond motifs is 1. The van der Waals surface area contributed by atoms with Gasteiger partial charge in [0.05, 0.1) is 21.7 Å². The van der Waals surface area contributed by atoms with Gasteiger partial charge in [-0.15, -0.1) is 11.3 Å². The first-order valence-electron chi connectivity index (χ1n) is 9.68. The van der Waals surface area contributed by atoms with Crippen LogP contribution in [0.15, 0.2) is 36.4 Å². The van der Waals surface area contributed by atoms with Gasteiger partial charge in [0.2, 0.25) is 0 Å². The number of benzene rings is 2. The Hall–Kier alpha value is -2.84. The Labute approximate surface area is 172 Å². The third kappa shape index (κ3) is 3.99. The van der Waals surface area contributed by atoms with Crippen LogP contribution in [-0.4, -0.2) is 28.9 Å². The summed E-state index contributed by atoms with van der Waals surface area (Å²) in [6.45, 7) is 4.86. The molecule has 8 heteroatoms. The Morgan fingerprint density at radius 2 is 2.07 bits per heavy atom. The SMILES string of the molecule is Cc1cc(NC(=O)C[NH+]2CCC[C@@H]2c2nc3ccccc3s2)c([N+](=O)[O-])cc1C. The van der Waals surface area contributed by atoms with Crippen molar-refractivity contribution in [2.75, 3.05) is 18.4 Å². The molecule has 0 aliphatic carbocycles. The summed E-state index contributed by atoms with van der Waals surface area (Å²) < 4.78 is 1.16. The van der Waals surface area contributed by atoms with Gasteiger partial charge in [0, 0.05) is 18.9 Å². The number of aromatic nitrogens is 1. The van der Waals surface area contributed by atoms with Gasteiger partial charge in [-0.2, -0.15) is 0 Å². The summed E-state index contributed by atoms with van der Waals surface area (Å²) in [6.07, 6.45) is 2.03. The number of aryl methyl sites for hydroxylation is 2. The largest absolute Gasteiger partial charge is 0.319 e. The molecule has 0 bridgehead atoms. The lowest BCUT2D eigenvalue weighted by molar-refractivity contribution is -0.910. The van der Waals surface area contributed by atoms with Gasteiger partial charge >= 0.3 is 0 Å². The number of nitro groups is 1. The first kappa shape index (κ1) is 19.5. The van der Waals surface area contributed by atoms with Gasteiger partial charge in [-0.3, -0.25) is 14.9 Å². The number of hydrogen-bond donors (Lipinski definition) is 2. The topological polar surface area (TPSA) is 89.6 Å². The number of quaternary nitrogens is 1. The number of para-hydroxylation sites is 1. The molecule has 1 fully saturated rings. The molecular formula is C21H23N4O3S+. The standard InChI is InChI=1S/C21H22N4O3S/c1-13-10-16(18(25(27)28)11-14(13)2)22-20(26)12-24-9-5-7-17(24)21-23-15-6-3-4-8-19(15)29-21/h3-4,6,8,10-11,17H,5,7,9,12H2,1-2H3,(H,22,26)/p+1/t17-/m1/s1. The number of amides is 1. The minimum atomic E-state index is -0.450. The van der Waals surface area contributed by atoms with E-state index >= 15 is 0 Å². The highest BCUT2D eigenvalue weighted by molar-refractivity contribution is 7.18. The molecule has 2 heterocycles. The summed E-state index contributed by atoms with van der Waals surface area (Å²) in [5.74, 6) is -0.209. The number of nitrogens with zero attached hydrogens (tertiary/aromatic N) is 2. The lowest BCUT2D eigenvalue weighted by atomic mass is 10.1. The summed E-state index contributed by atoms with van der Waals surface area (Å²) in [6, 6.07) is 11.4. The van der Waals surface area contributed by atoms with Crippen molar-refractivity contribution in [2.45, 2.75) is 32.7 Å². The number of carbonyl (C=O) groups excluding carboxylic acids is 1. The number of rotatable bonds is 5. The third-order valence-corrected chi connectivity index (χ3v) is 6.71. The van der Waals surface area contributed by atoms with Gasteiger partial charge in [-0.25, -0.2) is 4.98 Å². The van der Waals surface area contributed by atoms with Crippen molar-refractivity contribution in [3.8, 4) is 0 Å². The van der Waals surface area contributed by atoms with Gasteiger partial charge in [0.25, 0.3) is 11.6 Å². The summed E-state index contributed by atoms with van der Waals surface area (Å²) in [5.41, 5.74) is 2.93. The molecule has 1 amide bonds. The Bertz CT molecular complexity index is 1060. The average molecular weight is 412 g/mol. The second-order valence-corrected chi connectivity index (χ2v) is 8.62. The number of nitrogens with one attached hydrogen (secondary N) is 2. The second kappa shape index (κ2) is 7.88. The molecule has 0 radical (unpaired) electrons. The number of anilines is 1. The van der Waals surface area contributed by atoms with Crippen LogP contribution in [0.4, 0.5) is 11.4 Å². The van der Waals surface area contributed by atoms with Crippen LogP contribution >= 0.6 is 11.3 Å². The van der Waals surface area contributed by atoms with E-state index in [1.165, 1.54) is 6.07 Å². The van der Waals surface area contributed by atoms with Crippen LogP contribution in [0.1, 0.15) is 35.0 Å². The molecule has 1 aromatic heterocycles. The summed E-state index contributed by atoms with van der Waals surface area (Å²) >= 11 is 1.69. The van der Waals surface area contributed by atoms with E-state index in [9.17, 15) is 14.9 Å². The molecule has 1 unspecified atom stereocenters. The zero-order valence-corrected chi connectivity index (χ0v) is 17.2. The highest BCUT2D eigenvalue weighted by atomic mass is 32.1. The molecule has 2 N–H and O–H groups in total. The van der Waals surface area contributed by atoms with E-state index in [2.05, 4.69) is 11.4 Å². The Morgan fingerprint density at radius 1 is 1.31 bits per heavy atom. The Balaban J connectivity index is 1.51. The quantitative estimate of drug-likeness (QED) is 0.498. The lowest BCUT2D eigenvalue weighted by Crippen LogP contribution is -3.11. The molecule has 1 aliphatic heterocycles. The van der Waals surface area contributed by atoms with E-state index in [0.29, 0.717) is 0 Å². The minimum Gasteiger partial charge on any atom is -0.319 e. The normalized spacial score (nSPS) is 18.8. The molecule has 1 saturated heterocycles. The van der Waals surface area contributed by atoms with Crippen molar-refractivity contribution in [3.63, 3.8) is 0 Å². The average Bonchev–Trinajstić information content (AvgIpc) is 3.30. The smallest absolute Gasteiger partial charge is 0.293 e. The number of thiazole rings is 1. The van der Waals surface area contributed by atoms with Crippen LogP contribution in [0.3, 0.4) is 0 Å². The number of hydrogen-bond acceptors (Lipinski definition) is 5. The number of nitro benzene ring substituents is 1. The molecule has 0 spiro atoms. The fourth-order valence-corrected chi connectivity index (χ4v) is 5.07. The number of likely N-dealkylation sites (tertiary alicyclic amines) is 1. The molecule has 0 saturated carbocycles. The van der Waals surface area contributed by atoms with Crippen molar-refractivity contribution < 1.29 is 14.6 Å². The van der Waals surface area contributed by atoms with Crippen LogP contribution < -0.4 is 10.2 Å². The van der Waals surface area contributed by atoms with Gasteiger partial charge < -0.3 is 10.2 Å². The fourth-order valence-electron chi connectivity index (χ4n) is 3.91. The molecule has 2 aromatic carbocycles. The van der Waals surface area contributed by atoms with E-state index < -0.39 is 4.92 Å². The Morgan fingerprint density at radius 3 is 2.83 bits per heavy atom. The first-order chi connectivity index (χ1) is 13.9. The van der Waals surface area contributed by atoms with E-state index in [0.717, 1.165) is 50.6 Å².